The summed E-state index contributed by atoms with van der Waals surface area (Å²) in [5, 5.41) is 35.7. The number of aromatic nitrogens is 11. The van der Waals surface area contributed by atoms with Crippen molar-refractivity contribution in [1.82, 2.24) is 72.3 Å². The number of amides is 13. The van der Waals surface area contributed by atoms with Gasteiger partial charge < -0.3 is 120 Å². The summed E-state index contributed by atoms with van der Waals surface area (Å²) >= 11 is 0. The highest BCUT2D eigenvalue weighted by Gasteiger charge is 2.26. The monoisotopic (exact) mass is 1540 g/mol. The fourth-order valence-electron chi connectivity index (χ4n) is 11.9. The number of quaternary nitrogens is 2. The fraction of sp³-hybridized carbons (Fsp3) is 0.356. The topological polar surface area (TPSA) is 457 Å². The number of nitrogens with zero attached hydrogens (tertiary/aromatic N) is 11. The van der Waals surface area contributed by atoms with Crippen LogP contribution in [0.4, 0.5) is 51.4 Å². The molecule has 0 radical (unpaired) electrons. The molecule has 13 amide bonds. The second kappa shape index (κ2) is 37.0. The van der Waals surface area contributed by atoms with E-state index in [0.29, 0.717) is 42.1 Å². The molecule has 0 aromatic carbocycles. The number of hydrogen-bond acceptors (Lipinski definition) is 15. The highest BCUT2D eigenvalue weighted by molar-refractivity contribution is 6.10. The number of aryl methyl sites for hydroxylation is 9. The van der Waals surface area contributed by atoms with Crippen LogP contribution >= 0.6 is 0 Å². The van der Waals surface area contributed by atoms with Gasteiger partial charge in [0, 0.05) is 184 Å². The summed E-state index contributed by atoms with van der Waals surface area (Å²) in [6, 6.07) is 10.4. The summed E-state index contributed by atoms with van der Waals surface area (Å²) in [6.07, 6.45) is 15.9. The zero-order valence-corrected chi connectivity index (χ0v) is 64.7. The Kier molecular flexibility index (Phi) is 27.3. The molecule has 0 spiro atoms. The average molecular weight is 1550 g/mol. The zero-order valence-electron chi connectivity index (χ0n) is 64.7. The van der Waals surface area contributed by atoms with Crippen LogP contribution in [0.5, 0.6) is 0 Å². The second-order valence-corrected chi connectivity index (χ2v) is 27.7. The third-order valence-electron chi connectivity index (χ3n) is 17.6. The van der Waals surface area contributed by atoms with Crippen LogP contribution in [0.15, 0.2) is 98.2 Å². The molecule has 112 heavy (non-hydrogen) atoms. The van der Waals surface area contributed by atoms with E-state index in [-0.39, 0.29) is 137 Å². The summed E-state index contributed by atoms with van der Waals surface area (Å²) in [4.78, 5) is 182. The predicted octanol–water partition coefficient (Wildman–Crippen LogP) is 0.578. The van der Waals surface area contributed by atoms with Gasteiger partial charge in [-0.15, -0.1) is 0 Å². The Balaban J connectivity index is 0.659. The SMILES string of the molecule is Cn1cc(NC(=O)c2nc(NC(=O)c3cc(NC(=O)CCC[NH+](C)C)cn3C)cn2C)cc1C(=O)NCCCC(=O)Nc1cn(C)c(C(=O)Nc2cc(C(=O)Nc3cc(C(=O)NCCC(=O)Nc4cc(C(=O)Nc5cc(C(=O)Nc6cc(C(=O)NCCC(=O)NCCC[NH+](C)C)n(C)c6)n(C)c5)n(C)c4)n(C)c3)n(C)c2)n1. The quantitative estimate of drug-likeness (QED) is 0.0239. The molecule has 0 saturated heterocycles. The van der Waals surface area contributed by atoms with E-state index in [1.807, 2.05) is 28.2 Å². The summed E-state index contributed by atoms with van der Waals surface area (Å²) in [7, 11) is 22.6. The van der Waals surface area contributed by atoms with Gasteiger partial charge in [-0.1, -0.05) is 0 Å². The molecule has 0 aliphatic carbocycles. The number of imidazole rings is 2. The molecular formula is C73H96N26O13+2. The first-order valence-corrected chi connectivity index (χ1v) is 35.8. The van der Waals surface area contributed by atoms with Crippen LogP contribution in [-0.2, 0) is 82.6 Å². The van der Waals surface area contributed by atoms with Gasteiger partial charge in [0.1, 0.15) is 39.9 Å². The molecule has 15 N–H and O–H groups in total. The summed E-state index contributed by atoms with van der Waals surface area (Å²) in [5.41, 5.74) is 3.63. The molecule has 39 nitrogen and oxygen atoms in total. The predicted molar refractivity (Wildman–Crippen MR) is 416 cm³/mol. The van der Waals surface area contributed by atoms with Gasteiger partial charge in [-0.2, -0.15) is 0 Å². The van der Waals surface area contributed by atoms with Crippen molar-refractivity contribution < 1.29 is 72.1 Å². The van der Waals surface area contributed by atoms with Gasteiger partial charge in [0.25, 0.3) is 53.2 Å². The first-order chi connectivity index (χ1) is 53.1. The lowest BCUT2D eigenvalue weighted by atomic mass is 10.3. The number of carbonyl (C=O) groups is 13. The Labute approximate surface area is 643 Å². The Morgan fingerprint density at radius 1 is 0.268 bits per heavy atom. The fourth-order valence-corrected chi connectivity index (χ4v) is 11.9. The van der Waals surface area contributed by atoms with Crippen LogP contribution in [-0.4, -0.2) is 195 Å². The van der Waals surface area contributed by atoms with Crippen LogP contribution in [0.2, 0.25) is 0 Å². The van der Waals surface area contributed by atoms with Gasteiger partial charge in [0.05, 0.1) is 81.1 Å². The van der Waals surface area contributed by atoms with Crippen molar-refractivity contribution in [3.8, 4) is 0 Å². The van der Waals surface area contributed by atoms with Gasteiger partial charge in [-0.3, -0.25) is 62.3 Å². The number of rotatable bonds is 36. The largest absolute Gasteiger partial charge is 0.356 e. The molecule has 9 rings (SSSR count). The Morgan fingerprint density at radius 3 is 0.902 bits per heavy atom. The molecule has 0 atom stereocenters. The molecule has 0 unspecified atom stereocenters. The molecule has 0 bridgehead atoms. The maximum Gasteiger partial charge on any atom is 0.291 e. The van der Waals surface area contributed by atoms with Crippen molar-refractivity contribution in [2.24, 2.45) is 63.4 Å². The highest BCUT2D eigenvalue weighted by atomic mass is 16.2. The third-order valence-corrected chi connectivity index (χ3v) is 17.6. The number of carbonyl (C=O) groups excluding carboxylic acids is 13. The Bertz CT molecular complexity index is 5060. The van der Waals surface area contributed by atoms with E-state index in [9.17, 15) is 62.3 Å². The number of nitrogens with one attached hydrogen (secondary N) is 15. The van der Waals surface area contributed by atoms with E-state index in [1.165, 1.54) is 115 Å². The minimum atomic E-state index is -0.654. The van der Waals surface area contributed by atoms with E-state index >= 15 is 0 Å². The van der Waals surface area contributed by atoms with E-state index in [1.54, 1.807) is 97.2 Å². The van der Waals surface area contributed by atoms with Gasteiger partial charge in [0.2, 0.25) is 35.3 Å². The Morgan fingerprint density at radius 2 is 0.536 bits per heavy atom. The summed E-state index contributed by atoms with van der Waals surface area (Å²) in [5.74, 6) is -5.98. The van der Waals surface area contributed by atoms with Gasteiger partial charge in [-0.25, -0.2) is 9.97 Å². The van der Waals surface area contributed by atoms with Crippen LogP contribution in [0, 0.1) is 0 Å². The first kappa shape index (κ1) is 82.5. The standard InChI is InChI=1S/C73H94N26O13/c1-89(2)25-15-18-60(101)78-43-28-56(95(9)34-43)71(110)88-58-42-99(13)64(87-58)73(112)83-48-31-50(93(7)39-48)65(104)75-21-14-17-61(102)85-57-41-98(12)63(86-57)72(111)84-49-33-55(97(11)40-49)70(109)81-46-30-52(92(6)37-46)67(106)77-24-20-62(103)79-44-27-53(94(8)35-44)68(107)82-47-32-54(96(10)38-47)69(108)80-45-29-51(91(5)36-45)66(105)76-23-19-59(100)74-22-16-26-90(3)4/h27-42H,14-26H2,1-13H3,(H,74,100)(H,75,104)(H,76,105)(H,77,106)(H,78,101)(H,79,103)(H,80,108)(H,81,109)(H,82,107)(H,83,112)(H,84,111)(H,85,102)(H,88,110)/p+2. The molecule has 9 aromatic heterocycles. The molecule has 0 aliphatic rings. The van der Waals surface area contributed by atoms with Crippen molar-refractivity contribution in [1.29, 1.82) is 0 Å². The van der Waals surface area contributed by atoms with Crippen molar-refractivity contribution in [2.45, 2.75) is 44.9 Å². The summed E-state index contributed by atoms with van der Waals surface area (Å²) < 4.78 is 13.5. The minimum absolute atomic E-state index is 0.0257. The van der Waals surface area contributed by atoms with E-state index in [2.05, 4.69) is 79.1 Å². The van der Waals surface area contributed by atoms with Crippen LogP contribution in [0.1, 0.15) is 140 Å². The van der Waals surface area contributed by atoms with E-state index < -0.39 is 65.0 Å². The van der Waals surface area contributed by atoms with Gasteiger partial charge >= 0.3 is 0 Å². The number of anilines is 9. The van der Waals surface area contributed by atoms with E-state index in [4.69, 9.17) is 0 Å². The molecule has 0 aliphatic heterocycles. The molecule has 0 saturated carbocycles. The van der Waals surface area contributed by atoms with Crippen LogP contribution < -0.4 is 78.9 Å². The smallest absolute Gasteiger partial charge is 0.291 e. The van der Waals surface area contributed by atoms with E-state index in [0.717, 1.165) is 19.5 Å². The molecule has 9 aromatic rings. The summed E-state index contributed by atoms with van der Waals surface area (Å²) in [6.45, 7) is 2.48. The highest BCUT2D eigenvalue weighted by Crippen LogP contribution is 2.24. The van der Waals surface area contributed by atoms with Gasteiger partial charge in [0.15, 0.2) is 11.6 Å². The first-order valence-electron chi connectivity index (χ1n) is 35.8. The maximum atomic E-state index is 13.6. The molecule has 594 valence electrons. The number of hydrogen-bond donors (Lipinski definition) is 15. The van der Waals surface area contributed by atoms with Gasteiger partial charge in [-0.05, 0) is 48.9 Å². The molecular weight excluding hydrogens is 1450 g/mol. The molecule has 9 heterocycles. The zero-order chi connectivity index (χ0) is 81.4. The van der Waals surface area contributed by atoms with Crippen molar-refractivity contribution in [2.75, 3.05) is 115 Å². The Hall–Kier alpha value is -13.6. The van der Waals surface area contributed by atoms with Crippen molar-refractivity contribution in [3.63, 3.8) is 0 Å². The maximum absolute atomic E-state index is 13.6. The van der Waals surface area contributed by atoms with Crippen LogP contribution in [0.3, 0.4) is 0 Å². The average Bonchev–Trinajstić information content (AvgIpc) is 1.68. The lowest BCUT2D eigenvalue weighted by Gasteiger charge is -2.09. The van der Waals surface area contributed by atoms with Crippen molar-refractivity contribution >= 4 is 128 Å². The minimum Gasteiger partial charge on any atom is -0.356 e. The van der Waals surface area contributed by atoms with Crippen molar-refractivity contribution in [3.05, 3.63) is 150 Å². The third kappa shape index (κ3) is 22.3. The molecule has 39 heteroatoms. The second-order valence-electron chi connectivity index (χ2n) is 27.7. The van der Waals surface area contributed by atoms with Crippen LogP contribution in [0.25, 0.3) is 0 Å². The lowest BCUT2D eigenvalue weighted by Crippen LogP contribution is -3.05. The molecule has 0 fully saturated rings. The normalized spacial score (nSPS) is 11.1. The lowest BCUT2D eigenvalue weighted by molar-refractivity contribution is -0.858.